The van der Waals surface area contributed by atoms with E-state index in [0.717, 1.165) is 10.8 Å². The van der Waals surface area contributed by atoms with E-state index in [-0.39, 0.29) is 29.7 Å². The second kappa shape index (κ2) is 11.5. The van der Waals surface area contributed by atoms with Crippen molar-refractivity contribution in [2.24, 2.45) is 0 Å². The number of ether oxygens (including phenoxy) is 1. The summed E-state index contributed by atoms with van der Waals surface area (Å²) in [6, 6.07) is 18.4. The lowest BCUT2D eigenvalue weighted by molar-refractivity contribution is -0.124. The number of hydrogen-bond acceptors (Lipinski definition) is 5. The molecule has 3 N–H and O–H groups in total. The summed E-state index contributed by atoms with van der Waals surface area (Å²) in [5, 5.41) is 7.27. The number of nitrogens with one attached hydrogen (secondary N) is 3. The summed E-state index contributed by atoms with van der Waals surface area (Å²) in [6.45, 7) is 5.61. The predicted octanol–water partition coefficient (Wildman–Crippen LogP) is 3.68. The summed E-state index contributed by atoms with van der Waals surface area (Å²) in [6.07, 6.45) is 0.239. The van der Waals surface area contributed by atoms with E-state index in [1.807, 2.05) is 12.1 Å². The van der Waals surface area contributed by atoms with E-state index in [2.05, 4.69) is 15.4 Å². The molecule has 192 valence electrons. The molecule has 3 aromatic carbocycles. The molecule has 8 nitrogen and oxygen atoms in total. The third kappa shape index (κ3) is 7.29. The Bertz CT molecular complexity index is 1320. The molecule has 3 rings (SSSR count). The van der Waals surface area contributed by atoms with Crippen molar-refractivity contribution >= 4 is 32.6 Å². The van der Waals surface area contributed by atoms with E-state index in [1.54, 1.807) is 76.4 Å². The average molecular weight is 512 g/mol. The van der Waals surface area contributed by atoms with Crippen molar-refractivity contribution in [3.8, 4) is 5.75 Å². The molecule has 0 bridgehead atoms. The monoisotopic (exact) mass is 511 g/mol. The second-order valence-electron chi connectivity index (χ2n) is 9.23. The fourth-order valence-electron chi connectivity index (χ4n) is 3.77. The Morgan fingerprint density at radius 2 is 1.61 bits per heavy atom. The van der Waals surface area contributed by atoms with Gasteiger partial charge in [0.05, 0.1) is 23.6 Å². The summed E-state index contributed by atoms with van der Waals surface area (Å²) < 4.78 is 34.6. The van der Waals surface area contributed by atoms with Gasteiger partial charge in [0.2, 0.25) is 21.8 Å². The van der Waals surface area contributed by atoms with Crippen LogP contribution in [-0.4, -0.2) is 39.4 Å². The summed E-state index contributed by atoms with van der Waals surface area (Å²) in [5.74, 6) is 0.234. The van der Waals surface area contributed by atoms with Gasteiger partial charge in [-0.05, 0) is 54.4 Å². The fraction of sp³-hybridized carbons (Fsp3) is 0.333. The third-order valence-electron chi connectivity index (χ3n) is 5.74. The van der Waals surface area contributed by atoms with Crippen LogP contribution in [0, 0.1) is 0 Å². The first-order valence-corrected chi connectivity index (χ1v) is 13.2. The molecular weight excluding hydrogens is 478 g/mol. The van der Waals surface area contributed by atoms with Crippen molar-refractivity contribution in [3.05, 3.63) is 72.3 Å². The van der Waals surface area contributed by atoms with Crippen LogP contribution in [0.15, 0.2) is 71.6 Å². The lowest BCUT2D eigenvalue weighted by Crippen LogP contribution is -2.52. The van der Waals surface area contributed by atoms with Gasteiger partial charge in [-0.1, -0.05) is 49.4 Å². The molecular formula is C27H33N3O5S. The zero-order chi connectivity index (χ0) is 26.3. The zero-order valence-corrected chi connectivity index (χ0v) is 21.8. The molecule has 0 aliphatic carbocycles. The highest BCUT2D eigenvalue weighted by molar-refractivity contribution is 7.89. The summed E-state index contributed by atoms with van der Waals surface area (Å²) in [4.78, 5) is 24.7. The van der Waals surface area contributed by atoms with Gasteiger partial charge in [0.15, 0.2) is 0 Å². The number of sulfonamides is 1. The molecule has 1 unspecified atom stereocenters. The molecule has 2 amide bonds. The molecule has 0 saturated carbocycles. The molecule has 0 radical (unpaired) electrons. The van der Waals surface area contributed by atoms with Gasteiger partial charge < -0.3 is 15.4 Å². The number of carbonyl (C=O) groups is 2. The van der Waals surface area contributed by atoms with Crippen LogP contribution in [0.5, 0.6) is 5.75 Å². The van der Waals surface area contributed by atoms with Crippen LogP contribution in [0.4, 0.5) is 0 Å². The minimum Gasteiger partial charge on any atom is -0.497 e. The Kier molecular flexibility index (Phi) is 8.70. The Morgan fingerprint density at radius 3 is 2.28 bits per heavy atom. The normalized spacial score (nSPS) is 12.7. The van der Waals surface area contributed by atoms with Crippen molar-refractivity contribution in [3.63, 3.8) is 0 Å². The van der Waals surface area contributed by atoms with E-state index in [4.69, 9.17) is 4.74 Å². The highest BCUT2D eigenvalue weighted by Crippen LogP contribution is 2.26. The van der Waals surface area contributed by atoms with Crippen molar-refractivity contribution in [1.82, 2.24) is 15.4 Å². The van der Waals surface area contributed by atoms with Crippen LogP contribution in [0.1, 0.15) is 45.2 Å². The van der Waals surface area contributed by atoms with Gasteiger partial charge >= 0.3 is 0 Å². The Hall–Kier alpha value is -3.43. The SMILES string of the molecule is CCC(=O)NCC(C)(C)NC(=O)CC(NS(=O)(=O)c1ccc2cc(OC)ccc2c1)c1ccccc1. The van der Waals surface area contributed by atoms with Crippen molar-refractivity contribution < 1.29 is 22.7 Å². The smallest absolute Gasteiger partial charge is 0.241 e. The van der Waals surface area contributed by atoms with E-state index >= 15 is 0 Å². The number of rotatable bonds is 11. The standard InChI is InChI=1S/C27H33N3O5S/c1-5-25(31)28-18-27(2,3)29-26(32)17-24(19-9-7-6-8-10-19)30-36(33,34)23-14-12-20-15-22(35-4)13-11-21(20)16-23/h6-16,24,30H,5,17-18H2,1-4H3,(H,28,31)(H,29,32). The lowest BCUT2D eigenvalue weighted by atomic mass is 10.0. The van der Waals surface area contributed by atoms with E-state index in [9.17, 15) is 18.0 Å². The summed E-state index contributed by atoms with van der Waals surface area (Å²) >= 11 is 0. The molecule has 0 saturated heterocycles. The number of hydrogen-bond donors (Lipinski definition) is 3. The Balaban J connectivity index is 1.81. The molecule has 3 aromatic rings. The van der Waals surface area contributed by atoms with Crippen molar-refractivity contribution in [1.29, 1.82) is 0 Å². The molecule has 1 atom stereocenters. The maximum atomic E-state index is 13.3. The maximum absolute atomic E-state index is 13.3. The lowest BCUT2D eigenvalue weighted by Gasteiger charge is -2.28. The first-order valence-electron chi connectivity index (χ1n) is 11.8. The number of methoxy groups -OCH3 is 1. The molecule has 0 spiro atoms. The summed E-state index contributed by atoms with van der Waals surface area (Å²) in [7, 11) is -2.37. The minimum absolute atomic E-state index is 0.101. The molecule has 0 fully saturated rings. The quantitative estimate of drug-likeness (QED) is 0.363. The number of benzene rings is 3. The average Bonchev–Trinajstić information content (AvgIpc) is 2.86. The molecule has 0 aromatic heterocycles. The van der Waals surface area contributed by atoms with Crippen LogP contribution < -0.4 is 20.1 Å². The highest BCUT2D eigenvalue weighted by Gasteiger charge is 2.27. The Morgan fingerprint density at radius 1 is 0.944 bits per heavy atom. The molecule has 36 heavy (non-hydrogen) atoms. The molecule has 0 aliphatic heterocycles. The largest absolute Gasteiger partial charge is 0.497 e. The van der Waals surface area contributed by atoms with E-state index in [0.29, 0.717) is 17.7 Å². The second-order valence-corrected chi connectivity index (χ2v) is 10.9. The predicted molar refractivity (Wildman–Crippen MR) is 140 cm³/mol. The molecule has 0 aliphatic rings. The molecule has 9 heteroatoms. The van der Waals surface area contributed by atoms with Gasteiger partial charge in [-0.2, -0.15) is 0 Å². The van der Waals surface area contributed by atoms with Crippen LogP contribution >= 0.6 is 0 Å². The van der Waals surface area contributed by atoms with Gasteiger partial charge in [0.1, 0.15) is 5.75 Å². The van der Waals surface area contributed by atoms with E-state index < -0.39 is 21.6 Å². The Labute approximate surface area is 212 Å². The maximum Gasteiger partial charge on any atom is 0.241 e. The van der Waals surface area contributed by atoms with Crippen LogP contribution in [0.3, 0.4) is 0 Å². The van der Waals surface area contributed by atoms with Gasteiger partial charge in [-0.25, -0.2) is 13.1 Å². The van der Waals surface area contributed by atoms with Crippen LogP contribution in [-0.2, 0) is 19.6 Å². The van der Waals surface area contributed by atoms with Crippen molar-refractivity contribution in [2.75, 3.05) is 13.7 Å². The highest BCUT2D eigenvalue weighted by atomic mass is 32.2. The van der Waals surface area contributed by atoms with Crippen molar-refractivity contribution in [2.45, 2.75) is 50.1 Å². The molecule has 0 heterocycles. The van der Waals surface area contributed by atoms with Gasteiger partial charge in [0.25, 0.3) is 0 Å². The third-order valence-corrected chi connectivity index (χ3v) is 7.21. The summed E-state index contributed by atoms with van der Waals surface area (Å²) in [5.41, 5.74) is -0.0413. The zero-order valence-electron chi connectivity index (χ0n) is 21.0. The first kappa shape index (κ1) is 27.2. The topological polar surface area (TPSA) is 114 Å². The first-order chi connectivity index (χ1) is 17.0. The number of amides is 2. The van der Waals surface area contributed by atoms with E-state index in [1.165, 1.54) is 6.07 Å². The van der Waals surface area contributed by atoms with Gasteiger partial charge in [-0.15, -0.1) is 0 Å². The number of fused-ring (bicyclic) bond motifs is 1. The fourth-order valence-corrected chi connectivity index (χ4v) is 5.03. The van der Waals surface area contributed by atoms with Crippen LogP contribution in [0.25, 0.3) is 10.8 Å². The van der Waals surface area contributed by atoms with Gasteiger partial charge in [-0.3, -0.25) is 9.59 Å². The minimum atomic E-state index is -3.95. The number of carbonyl (C=O) groups excluding carboxylic acids is 2. The van der Waals surface area contributed by atoms with Gasteiger partial charge in [0, 0.05) is 19.4 Å². The van der Waals surface area contributed by atoms with Crippen LogP contribution in [0.2, 0.25) is 0 Å².